The second-order valence-corrected chi connectivity index (χ2v) is 8.02. The first kappa shape index (κ1) is 18.2. The number of piperidine rings is 1. The van der Waals surface area contributed by atoms with E-state index in [1.165, 1.54) is 5.56 Å². The minimum atomic E-state index is -0.231. The molecule has 0 amide bonds. The third kappa shape index (κ3) is 3.27. The van der Waals surface area contributed by atoms with E-state index in [1.54, 1.807) is 0 Å². The molecule has 3 heterocycles. The van der Waals surface area contributed by atoms with Crippen molar-refractivity contribution >= 4 is 28.1 Å². The summed E-state index contributed by atoms with van der Waals surface area (Å²) in [4.78, 5) is 15.2. The second kappa shape index (κ2) is 7.52. The van der Waals surface area contributed by atoms with Gasteiger partial charge in [-0.25, -0.2) is 0 Å². The lowest BCUT2D eigenvalue weighted by Gasteiger charge is -2.24. The molecule has 2 aromatic carbocycles. The molecule has 3 aromatic rings. The Hall–Kier alpha value is -2.86. The van der Waals surface area contributed by atoms with E-state index < -0.39 is 0 Å². The van der Waals surface area contributed by atoms with Crippen molar-refractivity contribution in [2.45, 2.75) is 38.1 Å². The van der Waals surface area contributed by atoms with Crippen molar-refractivity contribution in [3.8, 4) is 0 Å². The summed E-state index contributed by atoms with van der Waals surface area (Å²) in [7, 11) is 0. The molecule has 0 spiro atoms. The lowest BCUT2D eigenvalue weighted by Crippen LogP contribution is -2.39. The number of anilines is 2. The van der Waals surface area contributed by atoms with E-state index in [1.807, 2.05) is 31.2 Å². The number of nitrogens with one attached hydrogen (secondary N) is 2. The number of hydrogen-bond donors (Lipinski definition) is 2. The summed E-state index contributed by atoms with van der Waals surface area (Å²) >= 11 is 0. The van der Waals surface area contributed by atoms with Gasteiger partial charge in [0.25, 0.3) is 0 Å². The van der Waals surface area contributed by atoms with Crippen LogP contribution in [0.4, 0.5) is 11.4 Å². The van der Waals surface area contributed by atoms with E-state index in [4.69, 9.17) is 4.52 Å². The Morgan fingerprint density at radius 1 is 1.21 bits per heavy atom. The number of nitrogens with zero attached hydrogens (tertiary/aromatic N) is 2. The highest BCUT2D eigenvalue weighted by Crippen LogP contribution is 2.34. The third-order valence-corrected chi connectivity index (χ3v) is 6.31. The quantitative estimate of drug-likeness (QED) is 0.693. The summed E-state index contributed by atoms with van der Waals surface area (Å²) < 4.78 is 5.75. The topological polar surface area (TPSA) is 70.4 Å². The number of para-hydroxylation sites is 3. The van der Waals surface area contributed by atoms with Crippen molar-refractivity contribution in [3.63, 3.8) is 0 Å². The smallest absolute Gasteiger partial charge is 0.170 e. The van der Waals surface area contributed by atoms with E-state index >= 15 is 0 Å². The van der Waals surface area contributed by atoms with Crippen LogP contribution in [0.5, 0.6) is 0 Å². The van der Waals surface area contributed by atoms with Crippen LogP contribution in [0.1, 0.15) is 36.9 Å². The highest BCUT2D eigenvalue weighted by atomic mass is 16.5. The molecule has 2 aliphatic heterocycles. The number of hydrogen-bond acceptors (Lipinski definition) is 6. The Morgan fingerprint density at radius 3 is 2.90 bits per heavy atom. The van der Waals surface area contributed by atoms with E-state index in [9.17, 15) is 4.79 Å². The number of benzene rings is 2. The molecule has 1 unspecified atom stereocenters. The number of rotatable bonds is 5. The molecule has 2 N–H and O–H groups in total. The van der Waals surface area contributed by atoms with Gasteiger partial charge in [-0.1, -0.05) is 29.4 Å². The van der Waals surface area contributed by atoms with E-state index in [0.29, 0.717) is 12.6 Å². The van der Waals surface area contributed by atoms with Crippen LogP contribution in [0.2, 0.25) is 0 Å². The van der Waals surface area contributed by atoms with Gasteiger partial charge in [-0.15, -0.1) is 0 Å². The number of carbonyl (C=O) groups is 1. The second-order valence-electron chi connectivity index (χ2n) is 8.02. The Morgan fingerprint density at radius 2 is 2.03 bits per heavy atom. The van der Waals surface area contributed by atoms with Crippen molar-refractivity contribution in [1.29, 1.82) is 0 Å². The zero-order valence-corrected chi connectivity index (χ0v) is 16.6. The van der Waals surface area contributed by atoms with Gasteiger partial charge in [0.1, 0.15) is 0 Å². The number of fused-ring (bicyclic) bond motifs is 2. The Balaban J connectivity index is 1.37. The monoisotopic (exact) mass is 390 g/mol. The third-order valence-electron chi connectivity index (χ3n) is 6.31. The van der Waals surface area contributed by atoms with Gasteiger partial charge in [0.2, 0.25) is 0 Å². The number of carbonyl (C=O) groups excluding carboxylic acids is 1. The SMILES string of the molecule is CC(C(=O)Cc1noc2c(C3CCNCC3)cccc12)N1CNc2ccccc21. The summed E-state index contributed by atoms with van der Waals surface area (Å²) in [6.07, 6.45) is 2.49. The molecule has 2 aliphatic rings. The number of ketones is 1. The van der Waals surface area contributed by atoms with Crippen molar-refractivity contribution in [2.24, 2.45) is 0 Å². The van der Waals surface area contributed by atoms with E-state index in [2.05, 4.69) is 38.9 Å². The molecule has 29 heavy (non-hydrogen) atoms. The Labute approximate surface area is 170 Å². The molecule has 1 saturated heterocycles. The van der Waals surface area contributed by atoms with E-state index in [-0.39, 0.29) is 18.2 Å². The summed E-state index contributed by atoms with van der Waals surface area (Å²) in [5.74, 6) is 0.633. The fraction of sp³-hybridized carbons (Fsp3) is 0.391. The minimum Gasteiger partial charge on any atom is -0.366 e. The van der Waals surface area contributed by atoms with Crippen molar-refractivity contribution < 1.29 is 9.32 Å². The summed E-state index contributed by atoms with van der Waals surface area (Å²) in [5, 5.41) is 12.0. The van der Waals surface area contributed by atoms with Crippen LogP contribution in [-0.4, -0.2) is 36.7 Å². The standard InChI is InChI=1S/C23H26N4O2/c1-15(27-14-25-19-7-2-3-8-21(19)27)22(28)13-20-18-6-4-5-17(23(18)29-26-20)16-9-11-24-12-10-16/h2-8,15-16,24-25H,9-14H2,1H3. The van der Waals surface area contributed by atoms with Crippen LogP contribution in [0.3, 0.4) is 0 Å². The average molecular weight is 390 g/mol. The van der Waals surface area contributed by atoms with Crippen LogP contribution in [0.25, 0.3) is 11.0 Å². The van der Waals surface area contributed by atoms with Gasteiger partial charge < -0.3 is 20.1 Å². The van der Waals surface area contributed by atoms with Crippen LogP contribution in [0.15, 0.2) is 47.0 Å². The minimum absolute atomic E-state index is 0.144. The maximum Gasteiger partial charge on any atom is 0.170 e. The Bertz CT molecular complexity index is 1040. The molecule has 0 radical (unpaired) electrons. The lowest BCUT2D eigenvalue weighted by atomic mass is 9.89. The highest BCUT2D eigenvalue weighted by Gasteiger charge is 2.29. The normalized spacial score (nSPS) is 17.9. The Kier molecular flexibility index (Phi) is 4.72. The first-order valence-electron chi connectivity index (χ1n) is 10.4. The van der Waals surface area contributed by atoms with Gasteiger partial charge in [-0.05, 0) is 57.0 Å². The van der Waals surface area contributed by atoms with Crippen molar-refractivity contribution in [1.82, 2.24) is 10.5 Å². The zero-order chi connectivity index (χ0) is 19.8. The maximum atomic E-state index is 13.1. The molecule has 150 valence electrons. The van der Waals surface area contributed by atoms with Crippen LogP contribution in [-0.2, 0) is 11.2 Å². The number of Topliss-reactive ketones (excluding diaryl/α,β-unsaturated/α-hetero) is 1. The molecule has 1 atom stereocenters. The van der Waals surface area contributed by atoms with Crippen molar-refractivity contribution in [2.75, 3.05) is 30.0 Å². The molecule has 6 heteroatoms. The molecule has 5 rings (SSSR count). The molecule has 0 bridgehead atoms. The van der Waals surface area contributed by atoms with Gasteiger partial charge in [0.05, 0.1) is 36.2 Å². The molecule has 0 aliphatic carbocycles. The largest absolute Gasteiger partial charge is 0.366 e. The molecule has 0 saturated carbocycles. The van der Waals surface area contributed by atoms with Gasteiger partial charge >= 0.3 is 0 Å². The summed E-state index contributed by atoms with van der Waals surface area (Å²) in [6, 6.07) is 14.1. The average Bonchev–Trinajstić information content (AvgIpc) is 3.38. The van der Waals surface area contributed by atoms with Crippen LogP contribution in [0, 0.1) is 0 Å². The lowest BCUT2D eigenvalue weighted by molar-refractivity contribution is -0.119. The zero-order valence-electron chi connectivity index (χ0n) is 16.6. The molecule has 1 fully saturated rings. The van der Waals surface area contributed by atoms with Gasteiger partial charge in [-0.2, -0.15) is 0 Å². The highest BCUT2D eigenvalue weighted by molar-refractivity contribution is 5.94. The molecular formula is C23H26N4O2. The predicted molar refractivity (Wildman–Crippen MR) is 114 cm³/mol. The van der Waals surface area contributed by atoms with E-state index in [0.717, 1.165) is 54.0 Å². The van der Waals surface area contributed by atoms with Gasteiger partial charge in [0.15, 0.2) is 11.4 Å². The van der Waals surface area contributed by atoms with Crippen LogP contribution < -0.4 is 15.5 Å². The molecule has 6 nitrogen and oxygen atoms in total. The first-order valence-corrected chi connectivity index (χ1v) is 10.4. The maximum absolute atomic E-state index is 13.1. The van der Waals surface area contributed by atoms with Crippen LogP contribution >= 0.6 is 0 Å². The van der Waals surface area contributed by atoms with Gasteiger partial charge in [-0.3, -0.25) is 4.79 Å². The summed E-state index contributed by atoms with van der Waals surface area (Å²) in [5.41, 5.74) is 4.97. The fourth-order valence-corrected chi connectivity index (χ4v) is 4.58. The van der Waals surface area contributed by atoms with Gasteiger partial charge in [0, 0.05) is 10.9 Å². The number of aromatic nitrogens is 1. The fourth-order valence-electron chi connectivity index (χ4n) is 4.58. The molecular weight excluding hydrogens is 364 g/mol. The first-order chi connectivity index (χ1) is 14.2. The molecule has 1 aromatic heterocycles. The predicted octanol–water partition coefficient (Wildman–Crippen LogP) is 3.68. The van der Waals surface area contributed by atoms with Crippen molar-refractivity contribution in [3.05, 3.63) is 53.7 Å². The summed E-state index contributed by atoms with van der Waals surface area (Å²) in [6.45, 7) is 4.67.